The number of amides is 2. The summed E-state index contributed by atoms with van der Waals surface area (Å²) in [4.78, 5) is 24.0. The van der Waals surface area contributed by atoms with Crippen LogP contribution >= 0.6 is 0 Å². The zero-order valence-electron chi connectivity index (χ0n) is 15.3. The molecular formula is C16H25BN2O6. The molecule has 1 rings (SSSR count). The smallest absolute Gasteiger partial charge is 0.444 e. The Morgan fingerprint density at radius 2 is 1.40 bits per heavy atom. The van der Waals surface area contributed by atoms with Gasteiger partial charge in [0, 0.05) is 5.46 Å². The summed E-state index contributed by atoms with van der Waals surface area (Å²) < 4.78 is 10.3. The van der Waals surface area contributed by atoms with Crippen molar-refractivity contribution in [2.24, 2.45) is 0 Å². The first-order valence-electron chi connectivity index (χ1n) is 7.77. The minimum atomic E-state index is -1.86. The summed E-state index contributed by atoms with van der Waals surface area (Å²) in [6, 6.07) is 4.39. The molecule has 9 heteroatoms. The molecule has 0 fully saturated rings. The SMILES string of the molecule is CC(C)(C)OC(=O)Nc1cccc(B(O)O)c1NC(=O)OC(C)(C)C. The summed E-state index contributed by atoms with van der Waals surface area (Å²) in [6.07, 6.45) is -1.54. The van der Waals surface area contributed by atoms with Gasteiger partial charge in [-0.25, -0.2) is 9.59 Å². The van der Waals surface area contributed by atoms with E-state index in [4.69, 9.17) is 9.47 Å². The van der Waals surface area contributed by atoms with Gasteiger partial charge >= 0.3 is 19.3 Å². The van der Waals surface area contributed by atoms with Gasteiger partial charge in [-0.15, -0.1) is 0 Å². The number of nitrogens with one attached hydrogen (secondary N) is 2. The third-order valence-electron chi connectivity index (χ3n) is 2.64. The molecule has 0 unspecified atom stereocenters. The van der Waals surface area contributed by atoms with Gasteiger partial charge in [0.25, 0.3) is 0 Å². The highest BCUT2D eigenvalue weighted by Gasteiger charge is 2.25. The molecule has 0 aliphatic heterocycles. The van der Waals surface area contributed by atoms with Crippen molar-refractivity contribution in [3.63, 3.8) is 0 Å². The molecule has 0 aromatic heterocycles. The Morgan fingerprint density at radius 3 is 1.84 bits per heavy atom. The Bertz CT molecular complexity index is 634. The van der Waals surface area contributed by atoms with E-state index in [2.05, 4.69) is 10.6 Å². The van der Waals surface area contributed by atoms with Crippen molar-refractivity contribution < 1.29 is 29.1 Å². The van der Waals surface area contributed by atoms with Gasteiger partial charge in [0.1, 0.15) is 11.2 Å². The molecule has 0 aliphatic rings. The van der Waals surface area contributed by atoms with Crippen LogP contribution in [0.3, 0.4) is 0 Å². The first-order valence-corrected chi connectivity index (χ1v) is 7.77. The number of rotatable bonds is 3. The van der Waals surface area contributed by atoms with E-state index in [1.54, 1.807) is 41.5 Å². The molecular weight excluding hydrogens is 327 g/mol. The lowest BCUT2D eigenvalue weighted by Crippen LogP contribution is -2.36. The van der Waals surface area contributed by atoms with Gasteiger partial charge in [-0.1, -0.05) is 12.1 Å². The minimum absolute atomic E-state index is 0.000539. The maximum atomic E-state index is 12.0. The quantitative estimate of drug-likeness (QED) is 0.619. The van der Waals surface area contributed by atoms with E-state index in [1.165, 1.54) is 18.2 Å². The third kappa shape index (κ3) is 7.44. The van der Waals surface area contributed by atoms with Gasteiger partial charge in [-0.05, 0) is 47.6 Å². The van der Waals surface area contributed by atoms with Gasteiger partial charge in [0.05, 0.1) is 11.4 Å². The van der Waals surface area contributed by atoms with E-state index in [9.17, 15) is 19.6 Å². The van der Waals surface area contributed by atoms with E-state index in [-0.39, 0.29) is 16.8 Å². The van der Waals surface area contributed by atoms with Crippen LogP contribution in [0.25, 0.3) is 0 Å². The van der Waals surface area contributed by atoms with Gasteiger partial charge < -0.3 is 19.5 Å². The van der Waals surface area contributed by atoms with Gasteiger partial charge in [-0.2, -0.15) is 0 Å². The fraction of sp³-hybridized carbons (Fsp3) is 0.500. The van der Waals surface area contributed by atoms with Crippen LogP contribution in [-0.2, 0) is 9.47 Å². The molecule has 8 nitrogen and oxygen atoms in total. The first-order chi connectivity index (χ1) is 11.3. The summed E-state index contributed by atoms with van der Waals surface area (Å²) in [5, 5.41) is 23.9. The monoisotopic (exact) mass is 352 g/mol. The number of hydrogen-bond donors (Lipinski definition) is 4. The van der Waals surface area contributed by atoms with Crippen LogP contribution in [0, 0.1) is 0 Å². The first kappa shape index (κ1) is 20.8. The standard InChI is InChI=1S/C16H25BN2O6/c1-15(2,3)24-13(20)18-11-9-7-8-10(17(22)23)12(11)19-14(21)25-16(4,5)6/h7-9,22-23H,1-6H3,(H,18,20)(H,19,21). The summed E-state index contributed by atoms with van der Waals surface area (Å²) in [7, 11) is -1.86. The van der Waals surface area contributed by atoms with Crippen molar-refractivity contribution in [2.45, 2.75) is 52.7 Å². The predicted octanol–water partition coefficient (Wildman–Crippen LogP) is 2.06. The van der Waals surface area contributed by atoms with Crippen LogP contribution in [0.15, 0.2) is 18.2 Å². The van der Waals surface area contributed by atoms with E-state index in [0.29, 0.717) is 0 Å². The number of anilines is 2. The Morgan fingerprint density at radius 1 is 0.920 bits per heavy atom. The average molecular weight is 352 g/mol. The second-order valence-corrected chi connectivity index (χ2v) is 7.40. The van der Waals surface area contributed by atoms with Gasteiger partial charge in [0.15, 0.2) is 0 Å². The lowest BCUT2D eigenvalue weighted by atomic mass is 9.78. The lowest BCUT2D eigenvalue weighted by molar-refractivity contribution is 0.0621. The highest BCUT2D eigenvalue weighted by atomic mass is 16.6. The fourth-order valence-corrected chi connectivity index (χ4v) is 1.85. The predicted molar refractivity (Wildman–Crippen MR) is 96.0 cm³/mol. The highest BCUT2D eigenvalue weighted by molar-refractivity contribution is 6.61. The Labute approximate surface area is 147 Å². The number of benzene rings is 1. The van der Waals surface area contributed by atoms with E-state index < -0.39 is 30.5 Å². The number of carbonyl (C=O) groups is 2. The normalized spacial score (nSPS) is 11.5. The van der Waals surface area contributed by atoms with Crippen LogP contribution in [0.1, 0.15) is 41.5 Å². The Hall–Kier alpha value is -2.26. The van der Waals surface area contributed by atoms with Crippen LogP contribution in [0.2, 0.25) is 0 Å². The van der Waals surface area contributed by atoms with E-state index in [0.717, 1.165) is 0 Å². The van der Waals surface area contributed by atoms with Crippen LogP contribution in [-0.4, -0.2) is 40.6 Å². The zero-order chi connectivity index (χ0) is 19.4. The van der Waals surface area contributed by atoms with Crippen LogP contribution in [0.5, 0.6) is 0 Å². The van der Waals surface area contributed by atoms with Crippen molar-refractivity contribution >= 4 is 36.1 Å². The fourth-order valence-electron chi connectivity index (χ4n) is 1.85. The van der Waals surface area contributed by atoms with Crippen molar-refractivity contribution in [2.75, 3.05) is 10.6 Å². The number of ether oxygens (including phenoxy) is 2. The maximum absolute atomic E-state index is 12.0. The summed E-state index contributed by atoms with van der Waals surface area (Å²) in [5.41, 5.74) is -1.30. The average Bonchev–Trinajstić information content (AvgIpc) is 2.35. The largest absolute Gasteiger partial charge is 0.490 e. The topological polar surface area (TPSA) is 117 Å². The van der Waals surface area contributed by atoms with Gasteiger partial charge in [-0.3, -0.25) is 10.6 Å². The van der Waals surface area contributed by atoms with Crippen molar-refractivity contribution in [3.8, 4) is 0 Å². The molecule has 0 saturated carbocycles. The number of hydrogen-bond acceptors (Lipinski definition) is 6. The molecule has 0 aliphatic carbocycles. The molecule has 1 aromatic rings. The zero-order valence-corrected chi connectivity index (χ0v) is 15.3. The third-order valence-corrected chi connectivity index (χ3v) is 2.64. The van der Waals surface area contributed by atoms with E-state index >= 15 is 0 Å². The maximum Gasteiger partial charge on any atom is 0.490 e. The molecule has 0 radical (unpaired) electrons. The highest BCUT2D eigenvalue weighted by Crippen LogP contribution is 2.22. The summed E-state index contributed by atoms with van der Waals surface area (Å²) >= 11 is 0. The van der Waals surface area contributed by atoms with Crippen molar-refractivity contribution in [1.82, 2.24) is 0 Å². The summed E-state index contributed by atoms with van der Waals surface area (Å²) in [5.74, 6) is 0. The molecule has 4 N–H and O–H groups in total. The van der Waals surface area contributed by atoms with Crippen LogP contribution < -0.4 is 16.1 Å². The second-order valence-electron chi connectivity index (χ2n) is 7.40. The molecule has 2 amide bonds. The number of para-hydroxylation sites is 1. The Balaban J connectivity index is 3.11. The van der Waals surface area contributed by atoms with Crippen LogP contribution in [0.4, 0.5) is 21.0 Å². The molecule has 0 atom stereocenters. The van der Waals surface area contributed by atoms with Crippen molar-refractivity contribution in [3.05, 3.63) is 18.2 Å². The van der Waals surface area contributed by atoms with Gasteiger partial charge in [0.2, 0.25) is 0 Å². The number of carbonyl (C=O) groups excluding carboxylic acids is 2. The molecule has 25 heavy (non-hydrogen) atoms. The minimum Gasteiger partial charge on any atom is -0.444 e. The van der Waals surface area contributed by atoms with E-state index in [1.807, 2.05) is 0 Å². The molecule has 138 valence electrons. The molecule has 0 spiro atoms. The molecule has 0 heterocycles. The molecule has 0 bridgehead atoms. The lowest BCUT2D eigenvalue weighted by Gasteiger charge is -2.23. The molecule has 1 aromatic carbocycles. The molecule has 0 saturated heterocycles. The second kappa shape index (κ2) is 7.75. The Kier molecular flexibility index (Phi) is 6.45. The van der Waals surface area contributed by atoms with Crippen molar-refractivity contribution in [1.29, 1.82) is 0 Å². The summed E-state index contributed by atoms with van der Waals surface area (Å²) in [6.45, 7) is 10.2.